The first-order chi connectivity index (χ1) is 14.1. The lowest BCUT2D eigenvalue weighted by molar-refractivity contribution is 0.188. The molecule has 1 aliphatic rings. The van der Waals surface area contributed by atoms with Crippen molar-refractivity contribution in [1.29, 1.82) is 0 Å². The summed E-state index contributed by atoms with van der Waals surface area (Å²) in [6, 6.07) is 8.14. The Morgan fingerprint density at radius 3 is 2.76 bits per heavy atom. The highest BCUT2D eigenvalue weighted by molar-refractivity contribution is 5.80. The van der Waals surface area contributed by atoms with Crippen molar-refractivity contribution in [2.75, 3.05) is 19.6 Å². The maximum atomic E-state index is 14.0. The predicted octanol–water partition coefficient (Wildman–Crippen LogP) is 3.39. The number of rotatable bonds is 6. The number of halogens is 2. The molecule has 0 aliphatic carbocycles. The van der Waals surface area contributed by atoms with Gasteiger partial charge in [0, 0.05) is 37.4 Å². The molecule has 1 aromatic heterocycles. The first-order valence-corrected chi connectivity index (χ1v) is 10.2. The highest BCUT2D eigenvalue weighted by Crippen LogP contribution is 2.18. The predicted molar refractivity (Wildman–Crippen MR) is 112 cm³/mol. The molecule has 1 atom stereocenters. The average molecular weight is 402 g/mol. The second-order valence-corrected chi connectivity index (χ2v) is 7.38. The molecule has 1 aromatic carbocycles. The van der Waals surface area contributed by atoms with Crippen molar-refractivity contribution >= 4 is 5.96 Å². The Balaban J connectivity index is 1.62. The molecule has 5 nitrogen and oxygen atoms in total. The van der Waals surface area contributed by atoms with Crippen LogP contribution in [-0.2, 0) is 13.1 Å². The molecule has 0 spiro atoms. The van der Waals surface area contributed by atoms with Gasteiger partial charge in [-0.05, 0) is 57.0 Å². The molecule has 0 saturated carbocycles. The maximum absolute atomic E-state index is 14.0. The standard InChI is InChI=1S/C22H29F2N5/c1-3-25-22(27-13-21-16(2)7-5-11-26-21)28-17-8-6-12-29(14-17)15-18-19(23)9-4-10-20(18)24/h4-5,7,9-11,17H,3,6,8,12-15H2,1-2H3,(H2,25,27,28). The number of nitrogens with zero attached hydrogens (tertiary/aromatic N) is 3. The van der Waals surface area contributed by atoms with Crippen LogP contribution in [0.2, 0.25) is 0 Å². The molecule has 1 aliphatic heterocycles. The number of aromatic nitrogens is 1. The fraction of sp³-hybridized carbons (Fsp3) is 0.455. The quantitative estimate of drug-likeness (QED) is 0.576. The van der Waals surface area contributed by atoms with Gasteiger partial charge < -0.3 is 10.6 Å². The monoisotopic (exact) mass is 401 g/mol. The van der Waals surface area contributed by atoms with E-state index in [4.69, 9.17) is 0 Å². The first-order valence-electron chi connectivity index (χ1n) is 10.2. The average Bonchev–Trinajstić information content (AvgIpc) is 2.71. The van der Waals surface area contributed by atoms with Gasteiger partial charge in [0.05, 0.1) is 12.2 Å². The zero-order valence-electron chi connectivity index (χ0n) is 17.1. The summed E-state index contributed by atoms with van der Waals surface area (Å²) in [6.07, 6.45) is 3.73. The van der Waals surface area contributed by atoms with Crippen molar-refractivity contribution in [3.8, 4) is 0 Å². The molecule has 1 unspecified atom stereocenters. The van der Waals surface area contributed by atoms with Gasteiger partial charge in [0.15, 0.2) is 5.96 Å². The van der Waals surface area contributed by atoms with E-state index in [1.165, 1.54) is 18.2 Å². The molecule has 1 fully saturated rings. The van der Waals surface area contributed by atoms with Crippen molar-refractivity contribution in [1.82, 2.24) is 20.5 Å². The Kier molecular flexibility index (Phi) is 7.52. The molecular weight excluding hydrogens is 372 g/mol. The number of likely N-dealkylation sites (tertiary alicyclic amines) is 1. The van der Waals surface area contributed by atoms with E-state index in [0.29, 0.717) is 13.1 Å². The molecule has 0 bridgehead atoms. The van der Waals surface area contributed by atoms with Crippen LogP contribution in [0.25, 0.3) is 0 Å². The van der Waals surface area contributed by atoms with E-state index in [1.54, 1.807) is 6.20 Å². The van der Waals surface area contributed by atoms with Gasteiger partial charge in [0.2, 0.25) is 0 Å². The molecule has 2 N–H and O–H groups in total. The Bertz CT molecular complexity index is 819. The van der Waals surface area contributed by atoms with Crippen molar-refractivity contribution in [2.24, 2.45) is 4.99 Å². The summed E-state index contributed by atoms with van der Waals surface area (Å²) < 4.78 is 28.0. The number of aliphatic imine (C=N–C) groups is 1. The van der Waals surface area contributed by atoms with Crippen LogP contribution in [0.4, 0.5) is 8.78 Å². The van der Waals surface area contributed by atoms with E-state index in [-0.39, 0.29) is 18.2 Å². The van der Waals surface area contributed by atoms with Crippen LogP contribution in [0.3, 0.4) is 0 Å². The number of nitrogens with one attached hydrogen (secondary N) is 2. The highest BCUT2D eigenvalue weighted by Gasteiger charge is 2.22. The summed E-state index contributed by atoms with van der Waals surface area (Å²) in [6.45, 7) is 7.12. The van der Waals surface area contributed by atoms with E-state index in [1.807, 2.05) is 26.0 Å². The number of aryl methyl sites for hydroxylation is 1. The van der Waals surface area contributed by atoms with Crippen LogP contribution in [0, 0.1) is 18.6 Å². The second kappa shape index (κ2) is 10.3. The number of hydrogen-bond acceptors (Lipinski definition) is 3. The SMILES string of the molecule is CCNC(=NCc1ncccc1C)NC1CCCN(Cc2c(F)cccc2F)C1. The molecule has 29 heavy (non-hydrogen) atoms. The number of hydrogen-bond donors (Lipinski definition) is 2. The van der Waals surface area contributed by atoms with Gasteiger partial charge in [-0.3, -0.25) is 9.88 Å². The van der Waals surface area contributed by atoms with E-state index >= 15 is 0 Å². The molecule has 1 saturated heterocycles. The van der Waals surface area contributed by atoms with E-state index in [9.17, 15) is 8.78 Å². The largest absolute Gasteiger partial charge is 0.357 e. The minimum absolute atomic E-state index is 0.138. The molecule has 0 radical (unpaired) electrons. The van der Waals surface area contributed by atoms with Gasteiger partial charge in [0.1, 0.15) is 11.6 Å². The van der Waals surface area contributed by atoms with Crippen LogP contribution in [0.5, 0.6) is 0 Å². The summed E-state index contributed by atoms with van der Waals surface area (Å²) in [5, 5.41) is 6.75. The van der Waals surface area contributed by atoms with Gasteiger partial charge in [-0.25, -0.2) is 13.8 Å². The van der Waals surface area contributed by atoms with Crippen LogP contribution in [0.15, 0.2) is 41.5 Å². The Hall–Kier alpha value is -2.54. The van der Waals surface area contributed by atoms with Crippen LogP contribution in [-0.4, -0.2) is 41.5 Å². The molecule has 3 rings (SSSR count). The van der Waals surface area contributed by atoms with Crippen LogP contribution >= 0.6 is 0 Å². The van der Waals surface area contributed by atoms with Gasteiger partial charge in [-0.15, -0.1) is 0 Å². The van der Waals surface area contributed by atoms with Crippen molar-refractivity contribution in [2.45, 2.75) is 45.8 Å². The summed E-state index contributed by atoms with van der Waals surface area (Å²) >= 11 is 0. The van der Waals surface area contributed by atoms with Crippen molar-refractivity contribution in [3.05, 3.63) is 65.0 Å². The van der Waals surface area contributed by atoms with Crippen LogP contribution in [0.1, 0.15) is 36.6 Å². The Labute approximate surface area is 171 Å². The summed E-state index contributed by atoms with van der Waals surface area (Å²) in [4.78, 5) is 11.2. The van der Waals surface area contributed by atoms with Crippen molar-refractivity contribution in [3.63, 3.8) is 0 Å². The fourth-order valence-electron chi connectivity index (χ4n) is 3.58. The molecule has 156 valence electrons. The van der Waals surface area contributed by atoms with E-state index in [0.717, 1.165) is 43.1 Å². The summed E-state index contributed by atoms with van der Waals surface area (Å²) in [5.74, 6) is -0.233. The fourth-order valence-corrected chi connectivity index (χ4v) is 3.58. The third-order valence-electron chi connectivity index (χ3n) is 5.14. The minimum atomic E-state index is -0.485. The summed E-state index contributed by atoms with van der Waals surface area (Å²) in [5.41, 5.74) is 2.20. The Morgan fingerprint density at radius 2 is 2.03 bits per heavy atom. The normalized spacial score (nSPS) is 17.9. The zero-order chi connectivity index (χ0) is 20.6. The number of benzene rings is 1. The number of pyridine rings is 1. The van der Waals surface area contributed by atoms with Gasteiger partial charge in [-0.2, -0.15) is 0 Å². The van der Waals surface area contributed by atoms with E-state index < -0.39 is 11.6 Å². The third-order valence-corrected chi connectivity index (χ3v) is 5.14. The second-order valence-electron chi connectivity index (χ2n) is 7.38. The number of piperidine rings is 1. The molecule has 2 heterocycles. The first kappa shape index (κ1) is 21.2. The molecule has 2 aromatic rings. The van der Waals surface area contributed by atoms with Crippen molar-refractivity contribution < 1.29 is 8.78 Å². The Morgan fingerprint density at radius 1 is 1.24 bits per heavy atom. The number of guanidine groups is 1. The highest BCUT2D eigenvalue weighted by atomic mass is 19.1. The van der Waals surface area contributed by atoms with Crippen LogP contribution < -0.4 is 10.6 Å². The van der Waals surface area contributed by atoms with Gasteiger partial charge in [0.25, 0.3) is 0 Å². The molecule has 7 heteroatoms. The lowest BCUT2D eigenvalue weighted by Crippen LogP contribution is -2.51. The molecular formula is C22H29F2N5. The smallest absolute Gasteiger partial charge is 0.191 e. The maximum Gasteiger partial charge on any atom is 0.191 e. The minimum Gasteiger partial charge on any atom is -0.357 e. The van der Waals surface area contributed by atoms with Gasteiger partial charge >= 0.3 is 0 Å². The third kappa shape index (κ3) is 5.97. The van der Waals surface area contributed by atoms with Gasteiger partial charge in [-0.1, -0.05) is 12.1 Å². The zero-order valence-corrected chi connectivity index (χ0v) is 17.1. The van der Waals surface area contributed by atoms with E-state index in [2.05, 4.69) is 25.5 Å². The summed E-state index contributed by atoms with van der Waals surface area (Å²) in [7, 11) is 0. The molecule has 0 amide bonds. The lowest BCUT2D eigenvalue weighted by atomic mass is 10.0. The topological polar surface area (TPSA) is 52.6 Å². The lowest BCUT2D eigenvalue weighted by Gasteiger charge is -2.34.